The van der Waals surface area contributed by atoms with Crippen LogP contribution in [-0.2, 0) is 0 Å². The molecule has 12 heavy (non-hydrogen) atoms. The molecule has 1 rings (SSSR count). The zero-order valence-electron chi connectivity index (χ0n) is 7.58. The number of nitrogens with zero attached hydrogens (tertiary/aromatic N) is 2. The van der Waals surface area contributed by atoms with Crippen molar-refractivity contribution in [1.29, 1.82) is 0 Å². The minimum absolute atomic E-state index is 0.623. The maximum Gasteiger partial charge on any atom is 0.187 e. The molecule has 0 aliphatic carbocycles. The van der Waals surface area contributed by atoms with E-state index in [0.717, 1.165) is 11.7 Å². The van der Waals surface area contributed by atoms with Gasteiger partial charge in [-0.1, -0.05) is 13.3 Å². The van der Waals surface area contributed by atoms with E-state index in [-0.39, 0.29) is 0 Å². The van der Waals surface area contributed by atoms with Crippen molar-refractivity contribution in [2.75, 3.05) is 24.2 Å². The van der Waals surface area contributed by atoms with Crippen molar-refractivity contribution in [2.24, 2.45) is 0 Å². The molecule has 0 radical (unpaired) electrons. The Kier molecular flexibility index (Phi) is 3.34. The van der Waals surface area contributed by atoms with Gasteiger partial charge in [0.1, 0.15) is 5.82 Å². The second kappa shape index (κ2) is 4.30. The van der Waals surface area contributed by atoms with Gasteiger partial charge in [0.2, 0.25) is 0 Å². The van der Waals surface area contributed by atoms with Gasteiger partial charge < -0.3 is 10.6 Å². The lowest BCUT2D eigenvalue weighted by Crippen LogP contribution is -2.17. The first kappa shape index (κ1) is 9.32. The molecular weight excluding hydrogens is 170 g/mol. The number of hydrogen-bond donors (Lipinski definition) is 1. The average molecular weight is 185 g/mol. The van der Waals surface area contributed by atoms with Crippen molar-refractivity contribution < 1.29 is 0 Å². The van der Waals surface area contributed by atoms with Crippen LogP contribution in [0.5, 0.6) is 0 Å². The van der Waals surface area contributed by atoms with E-state index in [1.54, 1.807) is 11.3 Å². The van der Waals surface area contributed by atoms with Crippen LogP contribution in [0.2, 0.25) is 0 Å². The van der Waals surface area contributed by atoms with Crippen molar-refractivity contribution in [1.82, 2.24) is 4.98 Å². The van der Waals surface area contributed by atoms with Crippen LogP contribution in [0.25, 0.3) is 0 Å². The van der Waals surface area contributed by atoms with Crippen LogP contribution in [-0.4, -0.2) is 18.6 Å². The van der Waals surface area contributed by atoms with Gasteiger partial charge in [-0.3, -0.25) is 0 Å². The van der Waals surface area contributed by atoms with Gasteiger partial charge >= 0.3 is 0 Å². The topological polar surface area (TPSA) is 42.2 Å². The van der Waals surface area contributed by atoms with Gasteiger partial charge in [-0.2, -0.15) is 0 Å². The van der Waals surface area contributed by atoms with Crippen LogP contribution in [0.1, 0.15) is 19.8 Å². The summed E-state index contributed by atoms with van der Waals surface area (Å²) in [5, 5.41) is 2.89. The Morgan fingerprint density at radius 3 is 2.92 bits per heavy atom. The third-order valence-corrected chi connectivity index (χ3v) is 2.66. The summed E-state index contributed by atoms with van der Waals surface area (Å²) in [7, 11) is 2.05. The van der Waals surface area contributed by atoms with Gasteiger partial charge in [-0.05, 0) is 6.42 Å². The standard InChI is InChI=1S/C8H15N3S/c1-3-4-5-11(2)8-10-7(9)6-12-8/h6H,3-5,9H2,1-2H3. The number of rotatable bonds is 4. The molecular formula is C8H15N3S. The molecule has 3 nitrogen and oxygen atoms in total. The molecule has 0 saturated heterocycles. The van der Waals surface area contributed by atoms with Gasteiger partial charge in [0.05, 0.1) is 0 Å². The molecule has 4 heteroatoms. The molecule has 0 spiro atoms. The summed E-state index contributed by atoms with van der Waals surface area (Å²) in [4.78, 5) is 6.33. The van der Waals surface area contributed by atoms with E-state index in [4.69, 9.17) is 5.73 Å². The Labute approximate surface area is 77.2 Å². The van der Waals surface area contributed by atoms with E-state index in [2.05, 4.69) is 16.8 Å². The van der Waals surface area contributed by atoms with E-state index >= 15 is 0 Å². The maximum absolute atomic E-state index is 5.52. The lowest BCUT2D eigenvalue weighted by molar-refractivity contribution is 0.765. The molecule has 68 valence electrons. The van der Waals surface area contributed by atoms with Crippen molar-refractivity contribution in [3.05, 3.63) is 5.38 Å². The first-order valence-corrected chi connectivity index (χ1v) is 5.04. The van der Waals surface area contributed by atoms with Gasteiger partial charge in [-0.25, -0.2) is 4.98 Å². The van der Waals surface area contributed by atoms with Crippen LogP contribution >= 0.6 is 11.3 Å². The summed E-state index contributed by atoms with van der Waals surface area (Å²) in [6.07, 6.45) is 2.42. The largest absolute Gasteiger partial charge is 0.383 e. The number of thiazole rings is 1. The van der Waals surface area contributed by atoms with E-state index in [0.29, 0.717) is 5.82 Å². The Bertz CT molecular complexity index is 234. The predicted octanol–water partition coefficient (Wildman–Crippen LogP) is 1.96. The highest BCUT2D eigenvalue weighted by Crippen LogP contribution is 2.20. The number of aromatic nitrogens is 1. The molecule has 0 amide bonds. The van der Waals surface area contributed by atoms with Crippen molar-refractivity contribution in [3.8, 4) is 0 Å². The van der Waals surface area contributed by atoms with Crippen molar-refractivity contribution >= 4 is 22.3 Å². The molecule has 0 atom stereocenters. The van der Waals surface area contributed by atoms with Crippen molar-refractivity contribution in [3.63, 3.8) is 0 Å². The highest BCUT2D eigenvalue weighted by molar-refractivity contribution is 7.14. The Morgan fingerprint density at radius 2 is 2.42 bits per heavy atom. The maximum atomic E-state index is 5.52. The lowest BCUT2D eigenvalue weighted by Gasteiger charge is -2.14. The zero-order valence-corrected chi connectivity index (χ0v) is 8.40. The van der Waals surface area contributed by atoms with Crippen molar-refractivity contribution in [2.45, 2.75) is 19.8 Å². The lowest BCUT2D eigenvalue weighted by atomic mass is 10.3. The average Bonchev–Trinajstić information content (AvgIpc) is 2.47. The number of nitrogen functional groups attached to an aromatic ring is 1. The number of hydrogen-bond acceptors (Lipinski definition) is 4. The summed E-state index contributed by atoms with van der Waals surface area (Å²) in [5.41, 5.74) is 5.52. The highest BCUT2D eigenvalue weighted by Gasteiger charge is 2.03. The quantitative estimate of drug-likeness (QED) is 0.779. The summed E-state index contributed by atoms with van der Waals surface area (Å²) in [6.45, 7) is 3.24. The number of anilines is 2. The minimum Gasteiger partial charge on any atom is -0.383 e. The second-order valence-corrected chi connectivity index (χ2v) is 3.67. The molecule has 1 aromatic heterocycles. The zero-order chi connectivity index (χ0) is 8.97. The first-order valence-electron chi connectivity index (χ1n) is 4.16. The molecule has 0 aromatic carbocycles. The summed E-state index contributed by atoms with van der Waals surface area (Å²) in [6, 6.07) is 0. The summed E-state index contributed by atoms with van der Waals surface area (Å²) >= 11 is 1.60. The fourth-order valence-electron chi connectivity index (χ4n) is 0.942. The molecule has 0 aliphatic heterocycles. The van der Waals surface area contributed by atoms with Crippen LogP contribution in [0, 0.1) is 0 Å². The fourth-order valence-corrected chi connectivity index (χ4v) is 1.65. The summed E-state index contributed by atoms with van der Waals surface area (Å²) in [5.74, 6) is 0.623. The molecule has 1 aromatic rings. The number of unbranched alkanes of at least 4 members (excludes halogenated alkanes) is 1. The van der Waals surface area contributed by atoms with Crippen LogP contribution < -0.4 is 10.6 Å². The SMILES string of the molecule is CCCCN(C)c1nc(N)cs1. The first-order chi connectivity index (χ1) is 5.74. The van der Waals surface area contributed by atoms with Crippen LogP contribution in [0.3, 0.4) is 0 Å². The van der Waals surface area contributed by atoms with Gasteiger partial charge in [0, 0.05) is 19.0 Å². The van der Waals surface area contributed by atoms with Crippen LogP contribution in [0.15, 0.2) is 5.38 Å². The third-order valence-electron chi connectivity index (χ3n) is 1.68. The van der Waals surface area contributed by atoms with E-state index in [9.17, 15) is 0 Å². The number of nitrogens with two attached hydrogens (primary N) is 1. The molecule has 2 N–H and O–H groups in total. The third kappa shape index (κ3) is 2.37. The Hall–Kier alpha value is -0.770. The molecule has 0 aliphatic rings. The molecule has 1 heterocycles. The minimum atomic E-state index is 0.623. The predicted molar refractivity (Wildman–Crippen MR) is 54.7 cm³/mol. The Morgan fingerprint density at radius 1 is 1.67 bits per heavy atom. The molecule has 0 unspecified atom stereocenters. The van der Waals surface area contributed by atoms with E-state index in [1.165, 1.54) is 12.8 Å². The van der Waals surface area contributed by atoms with E-state index < -0.39 is 0 Å². The monoisotopic (exact) mass is 185 g/mol. The van der Waals surface area contributed by atoms with Gasteiger partial charge in [0.25, 0.3) is 0 Å². The molecule has 0 bridgehead atoms. The van der Waals surface area contributed by atoms with Crippen LogP contribution in [0.4, 0.5) is 10.9 Å². The highest BCUT2D eigenvalue weighted by atomic mass is 32.1. The Balaban J connectivity index is 2.47. The normalized spacial score (nSPS) is 10.2. The van der Waals surface area contributed by atoms with Gasteiger partial charge in [-0.15, -0.1) is 11.3 Å². The molecule has 0 fully saturated rings. The smallest absolute Gasteiger partial charge is 0.187 e. The fraction of sp³-hybridized carbons (Fsp3) is 0.625. The summed E-state index contributed by atoms with van der Waals surface area (Å²) < 4.78 is 0. The van der Waals surface area contributed by atoms with Gasteiger partial charge in [0.15, 0.2) is 5.13 Å². The van der Waals surface area contributed by atoms with E-state index in [1.807, 2.05) is 12.4 Å². The molecule has 0 saturated carbocycles. The second-order valence-electron chi connectivity index (χ2n) is 2.83.